The molecule has 166 valence electrons. The zero-order valence-electron chi connectivity index (χ0n) is 18.4. The maximum Gasteiger partial charge on any atom is 0.255 e. The second kappa shape index (κ2) is 7.61. The van der Waals surface area contributed by atoms with Crippen LogP contribution in [0.25, 0.3) is 0 Å². The number of hydroxylamine groups is 1. The molecule has 2 saturated carbocycles. The van der Waals surface area contributed by atoms with Gasteiger partial charge in [-0.15, -0.1) is 0 Å². The standard InChI is InChI=1S/C23H34N2O4S/c1-16(2)12-19(24-29-14-17-8-6-5-7-9-17)21(26)25-20-13-18-10-11-23(20,22(18,3)4)15-30(25,27)28/h5-9,16,18-20,24H,10-15H2,1-4H3/t18?,19-,20?,23+/m1/s1. The van der Waals surface area contributed by atoms with E-state index in [9.17, 15) is 13.2 Å². The Hall–Kier alpha value is -1.44. The van der Waals surface area contributed by atoms with Crippen LogP contribution in [0.4, 0.5) is 0 Å². The molecule has 1 aliphatic heterocycles. The molecule has 6 nitrogen and oxygen atoms in total. The zero-order valence-corrected chi connectivity index (χ0v) is 19.2. The third kappa shape index (κ3) is 3.39. The fraction of sp³-hybridized carbons (Fsp3) is 0.696. The van der Waals surface area contributed by atoms with E-state index in [1.54, 1.807) is 0 Å². The van der Waals surface area contributed by atoms with Gasteiger partial charge in [0.15, 0.2) is 0 Å². The normalized spacial score (nSPS) is 31.8. The number of carbonyl (C=O) groups excluding carboxylic acids is 1. The molecule has 4 rings (SSSR count). The highest BCUT2D eigenvalue weighted by Crippen LogP contribution is 2.70. The molecule has 7 heteroatoms. The third-order valence-corrected chi connectivity index (χ3v) is 9.85. The van der Waals surface area contributed by atoms with E-state index in [1.165, 1.54) is 4.31 Å². The van der Waals surface area contributed by atoms with Crippen LogP contribution in [-0.4, -0.2) is 36.5 Å². The number of benzene rings is 1. The lowest BCUT2D eigenvalue weighted by atomic mass is 9.69. The Morgan fingerprint density at radius 2 is 1.97 bits per heavy atom. The van der Waals surface area contributed by atoms with E-state index in [0.29, 0.717) is 18.9 Å². The largest absolute Gasteiger partial charge is 0.296 e. The Balaban J connectivity index is 1.54. The molecule has 1 saturated heterocycles. The summed E-state index contributed by atoms with van der Waals surface area (Å²) in [5.41, 5.74) is 3.53. The van der Waals surface area contributed by atoms with E-state index in [4.69, 9.17) is 4.84 Å². The number of carbonyl (C=O) groups is 1. The summed E-state index contributed by atoms with van der Waals surface area (Å²) in [6.07, 6.45) is 3.27. The quantitative estimate of drug-likeness (QED) is 0.665. The van der Waals surface area contributed by atoms with Gasteiger partial charge in [-0.25, -0.2) is 12.7 Å². The summed E-state index contributed by atoms with van der Waals surface area (Å²) in [5, 5.41) is 0. The van der Waals surface area contributed by atoms with Crippen molar-refractivity contribution in [3.63, 3.8) is 0 Å². The highest BCUT2D eigenvalue weighted by Gasteiger charge is 2.72. The van der Waals surface area contributed by atoms with Crippen molar-refractivity contribution in [1.29, 1.82) is 0 Å². The fourth-order valence-corrected chi connectivity index (χ4v) is 8.78. The molecule has 1 amide bonds. The Labute approximate surface area is 180 Å². The van der Waals surface area contributed by atoms with Crippen molar-refractivity contribution in [2.75, 3.05) is 5.75 Å². The molecule has 1 aromatic rings. The van der Waals surface area contributed by atoms with Crippen molar-refractivity contribution in [3.8, 4) is 0 Å². The second-order valence-corrected chi connectivity index (χ2v) is 12.2. The molecule has 1 heterocycles. The Morgan fingerprint density at radius 3 is 2.60 bits per heavy atom. The molecular weight excluding hydrogens is 400 g/mol. The molecule has 2 unspecified atom stereocenters. The van der Waals surface area contributed by atoms with Gasteiger partial charge in [0, 0.05) is 5.41 Å². The lowest BCUT2D eigenvalue weighted by Gasteiger charge is -2.37. The summed E-state index contributed by atoms with van der Waals surface area (Å²) in [6, 6.07) is 8.81. The van der Waals surface area contributed by atoms with Crippen LogP contribution in [0.15, 0.2) is 30.3 Å². The monoisotopic (exact) mass is 434 g/mol. The molecule has 2 bridgehead atoms. The summed E-state index contributed by atoms with van der Waals surface area (Å²) in [4.78, 5) is 19.2. The number of amides is 1. The van der Waals surface area contributed by atoms with Gasteiger partial charge in [0.1, 0.15) is 6.04 Å². The molecule has 3 fully saturated rings. The van der Waals surface area contributed by atoms with E-state index < -0.39 is 16.1 Å². The summed E-state index contributed by atoms with van der Waals surface area (Å²) < 4.78 is 27.7. The minimum atomic E-state index is -3.63. The highest BCUT2D eigenvalue weighted by molar-refractivity contribution is 7.90. The number of rotatable bonds is 7. The maximum absolute atomic E-state index is 13.6. The van der Waals surface area contributed by atoms with Gasteiger partial charge < -0.3 is 0 Å². The Bertz CT molecular complexity index is 899. The molecule has 30 heavy (non-hydrogen) atoms. The van der Waals surface area contributed by atoms with Crippen LogP contribution in [0, 0.1) is 22.7 Å². The van der Waals surface area contributed by atoms with Crippen LogP contribution in [0.5, 0.6) is 0 Å². The highest BCUT2D eigenvalue weighted by atomic mass is 32.2. The summed E-state index contributed by atoms with van der Waals surface area (Å²) in [5.74, 6) is 0.447. The smallest absolute Gasteiger partial charge is 0.255 e. The average Bonchev–Trinajstić information content (AvgIpc) is 3.15. The van der Waals surface area contributed by atoms with E-state index in [-0.39, 0.29) is 34.4 Å². The lowest BCUT2D eigenvalue weighted by molar-refractivity contribution is -0.136. The third-order valence-electron chi connectivity index (χ3n) is 7.94. The van der Waals surface area contributed by atoms with Gasteiger partial charge in [-0.2, -0.15) is 5.48 Å². The number of sulfonamides is 1. The first kappa shape index (κ1) is 21.8. The summed E-state index contributed by atoms with van der Waals surface area (Å²) >= 11 is 0. The fourth-order valence-electron chi connectivity index (χ4n) is 6.20. The van der Waals surface area contributed by atoms with Gasteiger partial charge in [-0.05, 0) is 48.5 Å². The Kier molecular flexibility index (Phi) is 5.52. The van der Waals surface area contributed by atoms with Gasteiger partial charge in [-0.1, -0.05) is 58.0 Å². The van der Waals surface area contributed by atoms with Crippen molar-refractivity contribution in [2.24, 2.45) is 22.7 Å². The molecule has 3 aliphatic rings. The lowest BCUT2D eigenvalue weighted by Crippen LogP contribution is -2.52. The van der Waals surface area contributed by atoms with Crippen molar-refractivity contribution < 1.29 is 18.0 Å². The molecular formula is C23H34N2O4S. The molecule has 1 aromatic carbocycles. The summed E-state index contributed by atoms with van der Waals surface area (Å²) in [7, 11) is -3.63. The van der Waals surface area contributed by atoms with Crippen LogP contribution in [0.3, 0.4) is 0 Å². The molecule has 2 aliphatic carbocycles. The zero-order chi connectivity index (χ0) is 21.7. The Morgan fingerprint density at radius 1 is 1.27 bits per heavy atom. The van der Waals surface area contributed by atoms with Crippen molar-refractivity contribution >= 4 is 15.9 Å². The van der Waals surface area contributed by atoms with Crippen LogP contribution < -0.4 is 5.48 Å². The number of nitrogens with zero attached hydrogens (tertiary/aromatic N) is 1. The van der Waals surface area contributed by atoms with Crippen LogP contribution in [-0.2, 0) is 26.3 Å². The number of nitrogens with one attached hydrogen (secondary N) is 1. The van der Waals surface area contributed by atoms with Crippen molar-refractivity contribution in [1.82, 2.24) is 9.79 Å². The van der Waals surface area contributed by atoms with Gasteiger partial charge in [0.2, 0.25) is 10.0 Å². The van der Waals surface area contributed by atoms with Crippen LogP contribution in [0.1, 0.15) is 58.9 Å². The van der Waals surface area contributed by atoms with Gasteiger partial charge in [-0.3, -0.25) is 9.63 Å². The molecule has 0 aromatic heterocycles. The predicted molar refractivity (Wildman–Crippen MR) is 116 cm³/mol. The summed E-state index contributed by atoms with van der Waals surface area (Å²) in [6.45, 7) is 8.76. The van der Waals surface area contributed by atoms with E-state index in [1.807, 2.05) is 44.2 Å². The van der Waals surface area contributed by atoms with Crippen LogP contribution in [0.2, 0.25) is 0 Å². The van der Waals surface area contributed by atoms with E-state index in [2.05, 4.69) is 19.3 Å². The van der Waals surface area contributed by atoms with E-state index >= 15 is 0 Å². The SMILES string of the molecule is CC(C)C[C@@H](NOCc1ccccc1)C(=O)N1C2CC3CC[C@@]2(CS1(=O)=O)C3(C)C. The van der Waals surface area contributed by atoms with E-state index in [0.717, 1.165) is 24.8 Å². The number of hydrogen-bond acceptors (Lipinski definition) is 5. The first-order chi connectivity index (χ1) is 14.1. The molecule has 1 spiro atoms. The molecule has 1 N–H and O–H groups in total. The minimum Gasteiger partial charge on any atom is -0.296 e. The first-order valence-corrected chi connectivity index (χ1v) is 12.7. The van der Waals surface area contributed by atoms with Crippen molar-refractivity contribution in [3.05, 3.63) is 35.9 Å². The topological polar surface area (TPSA) is 75.7 Å². The second-order valence-electron chi connectivity index (χ2n) is 10.3. The van der Waals surface area contributed by atoms with Crippen LogP contribution >= 0.6 is 0 Å². The first-order valence-electron chi connectivity index (χ1n) is 11.1. The van der Waals surface area contributed by atoms with Gasteiger partial charge in [0.25, 0.3) is 5.91 Å². The number of hydrogen-bond donors (Lipinski definition) is 1. The maximum atomic E-state index is 13.6. The van der Waals surface area contributed by atoms with Gasteiger partial charge in [0.05, 0.1) is 18.4 Å². The molecule has 4 atom stereocenters. The molecule has 0 radical (unpaired) electrons. The van der Waals surface area contributed by atoms with Crippen molar-refractivity contribution in [2.45, 2.75) is 72.1 Å². The predicted octanol–water partition coefficient (Wildman–Crippen LogP) is 3.49. The number of fused-ring (bicyclic) bond motifs is 1. The van der Waals surface area contributed by atoms with Gasteiger partial charge >= 0.3 is 0 Å². The minimum absolute atomic E-state index is 0.0510. The average molecular weight is 435 g/mol.